The number of thioether (sulfide) groups is 1. The highest BCUT2D eigenvalue weighted by molar-refractivity contribution is 7.98. The lowest BCUT2D eigenvalue weighted by molar-refractivity contribution is -0.142. The van der Waals surface area contributed by atoms with Crippen molar-refractivity contribution in [3.8, 4) is 0 Å². The average Bonchev–Trinajstić information content (AvgIpc) is 2.90. The number of carboxylic acids is 2. The summed E-state index contributed by atoms with van der Waals surface area (Å²) in [7, 11) is 0. The van der Waals surface area contributed by atoms with Crippen LogP contribution < -0.4 is 33.2 Å². The Bertz CT molecular complexity index is 1020. The van der Waals surface area contributed by atoms with Crippen LogP contribution in [0, 0.1) is 0 Å². The number of nitrogens with zero attached hydrogens (tertiary/aromatic N) is 1. The molecule has 11 N–H and O–H groups in total. The summed E-state index contributed by atoms with van der Waals surface area (Å²) >= 11 is 1.43. The van der Waals surface area contributed by atoms with Crippen LogP contribution in [0.3, 0.4) is 0 Å². The van der Waals surface area contributed by atoms with Crippen molar-refractivity contribution in [1.29, 1.82) is 0 Å². The van der Waals surface area contributed by atoms with E-state index in [4.69, 9.17) is 22.3 Å². The fourth-order valence-corrected chi connectivity index (χ4v) is 4.03. The Hall–Kier alpha value is -3.85. The number of carboxylic acid groups (broad SMARTS) is 2. The van der Waals surface area contributed by atoms with Gasteiger partial charge < -0.3 is 43.4 Å². The fourth-order valence-electron chi connectivity index (χ4n) is 3.56. The topological polar surface area (TPSA) is 252 Å². The van der Waals surface area contributed by atoms with Gasteiger partial charge in [0, 0.05) is 19.4 Å². The molecule has 40 heavy (non-hydrogen) atoms. The number of aliphatic carboxylic acids is 2. The van der Waals surface area contributed by atoms with E-state index in [9.17, 15) is 29.1 Å². The third-order valence-electron chi connectivity index (χ3n) is 5.73. The monoisotopic (exact) mass is 581 g/mol. The number of hydrogen-bond donors (Lipinski definition) is 8. The first-order valence-electron chi connectivity index (χ1n) is 12.6. The highest BCUT2D eigenvalue weighted by atomic mass is 32.2. The van der Waals surface area contributed by atoms with E-state index in [2.05, 4.69) is 20.9 Å². The zero-order valence-corrected chi connectivity index (χ0v) is 23.2. The molecule has 1 aromatic rings. The van der Waals surface area contributed by atoms with E-state index < -0.39 is 53.8 Å². The number of aliphatic imine (C=N–C) groups is 1. The molecule has 222 valence electrons. The highest BCUT2D eigenvalue weighted by Gasteiger charge is 2.30. The molecule has 15 heteroatoms. The number of hydrogen-bond acceptors (Lipinski definition) is 8. The van der Waals surface area contributed by atoms with Crippen LogP contribution in [-0.2, 0) is 30.4 Å². The lowest BCUT2D eigenvalue weighted by atomic mass is 10.0. The lowest BCUT2D eigenvalue weighted by Gasteiger charge is -2.25. The Labute approximate surface area is 236 Å². The van der Waals surface area contributed by atoms with Gasteiger partial charge in [0.05, 0.1) is 6.04 Å². The quantitative estimate of drug-likeness (QED) is 0.0545. The van der Waals surface area contributed by atoms with E-state index in [1.165, 1.54) is 11.8 Å². The summed E-state index contributed by atoms with van der Waals surface area (Å²) in [5.74, 6) is -4.12. The molecule has 0 saturated carbocycles. The lowest BCUT2D eigenvalue weighted by Crippen LogP contribution is -2.57. The van der Waals surface area contributed by atoms with Gasteiger partial charge in [-0.1, -0.05) is 30.3 Å². The predicted molar refractivity (Wildman–Crippen MR) is 151 cm³/mol. The minimum atomic E-state index is -1.23. The maximum Gasteiger partial charge on any atom is 0.326 e. The number of benzene rings is 1. The Kier molecular flexibility index (Phi) is 15.8. The molecule has 0 aromatic heterocycles. The number of carbonyl (C=O) groups excluding carboxylic acids is 3. The minimum Gasteiger partial charge on any atom is -0.481 e. The van der Waals surface area contributed by atoms with Crippen molar-refractivity contribution in [3.63, 3.8) is 0 Å². The summed E-state index contributed by atoms with van der Waals surface area (Å²) < 4.78 is 0. The number of rotatable bonds is 19. The molecular formula is C25H39N7O7S. The molecule has 0 radical (unpaired) electrons. The van der Waals surface area contributed by atoms with E-state index in [1.54, 1.807) is 30.3 Å². The molecule has 4 atom stereocenters. The second-order valence-electron chi connectivity index (χ2n) is 8.98. The third kappa shape index (κ3) is 13.8. The third-order valence-corrected chi connectivity index (χ3v) is 6.37. The Balaban J connectivity index is 3.02. The summed E-state index contributed by atoms with van der Waals surface area (Å²) in [6, 6.07) is 4.16. The zero-order valence-electron chi connectivity index (χ0n) is 22.4. The van der Waals surface area contributed by atoms with Crippen molar-refractivity contribution >= 4 is 47.4 Å². The molecule has 4 unspecified atom stereocenters. The first-order valence-corrected chi connectivity index (χ1v) is 14.0. The Morgan fingerprint density at radius 2 is 1.45 bits per heavy atom. The van der Waals surface area contributed by atoms with E-state index >= 15 is 0 Å². The molecule has 0 aliphatic carbocycles. The van der Waals surface area contributed by atoms with Crippen LogP contribution in [0.5, 0.6) is 0 Å². The van der Waals surface area contributed by atoms with Gasteiger partial charge in [0.25, 0.3) is 0 Å². The second-order valence-corrected chi connectivity index (χ2v) is 9.97. The zero-order chi connectivity index (χ0) is 30.1. The SMILES string of the molecule is CSCCC(NC(=O)C(CCCN=C(N)N)NC(=O)C(N)CCC(=O)O)C(=O)NC(Cc1ccccc1)C(=O)O. The summed E-state index contributed by atoms with van der Waals surface area (Å²) in [4.78, 5) is 65.4. The van der Waals surface area contributed by atoms with Crippen LogP contribution in [0.1, 0.15) is 37.7 Å². The van der Waals surface area contributed by atoms with Crippen LogP contribution in [0.25, 0.3) is 0 Å². The Morgan fingerprint density at radius 3 is 2.00 bits per heavy atom. The molecule has 0 aliphatic rings. The molecule has 14 nitrogen and oxygen atoms in total. The van der Waals surface area contributed by atoms with E-state index in [0.717, 1.165) is 0 Å². The van der Waals surface area contributed by atoms with Crippen molar-refractivity contribution in [3.05, 3.63) is 35.9 Å². The normalized spacial score (nSPS) is 13.7. The first kappa shape index (κ1) is 34.2. The van der Waals surface area contributed by atoms with Crippen molar-refractivity contribution in [2.45, 2.75) is 62.7 Å². The van der Waals surface area contributed by atoms with Crippen molar-refractivity contribution in [1.82, 2.24) is 16.0 Å². The predicted octanol–water partition coefficient (Wildman–Crippen LogP) is -1.23. The minimum absolute atomic E-state index is 0.0445. The van der Waals surface area contributed by atoms with Gasteiger partial charge in [0.15, 0.2) is 5.96 Å². The van der Waals surface area contributed by atoms with Crippen LogP contribution in [-0.4, -0.2) is 88.6 Å². The van der Waals surface area contributed by atoms with E-state index in [0.29, 0.717) is 17.7 Å². The maximum absolute atomic E-state index is 13.2. The van der Waals surface area contributed by atoms with Gasteiger partial charge in [0.2, 0.25) is 17.7 Å². The first-order chi connectivity index (χ1) is 18.9. The number of guanidine groups is 1. The molecule has 0 spiro atoms. The van der Waals surface area contributed by atoms with Crippen LogP contribution >= 0.6 is 11.8 Å². The summed E-state index contributed by atoms with van der Waals surface area (Å²) in [6.07, 6.45) is 1.97. The number of nitrogens with two attached hydrogens (primary N) is 3. The van der Waals surface area contributed by atoms with Crippen molar-refractivity contribution < 1.29 is 34.2 Å². The number of amides is 3. The average molecular weight is 582 g/mol. The highest BCUT2D eigenvalue weighted by Crippen LogP contribution is 2.08. The van der Waals surface area contributed by atoms with Crippen LogP contribution in [0.4, 0.5) is 0 Å². The standard InChI is InChI=1S/C25H39N7O7S/c1-40-13-11-18(23(37)32-19(24(38)39)14-15-6-3-2-4-7-15)31-22(36)17(8-5-12-29-25(27)28)30-21(35)16(26)9-10-20(33)34/h2-4,6-7,16-19H,5,8-14,26H2,1H3,(H,30,35)(H,31,36)(H,32,37)(H,33,34)(H,38,39)(H4,27,28,29). The van der Waals surface area contributed by atoms with Gasteiger partial charge in [-0.05, 0) is 43.3 Å². The number of nitrogens with one attached hydrogen (secondary N) is 3. The van der Waals surface area contributed by atoms with Crippen LogP contribution in [0.15, 0.2) is 35.3 Å². The van der Waals surface area contributed by atoms with E-state index in [1.807, 2.05) is 6.26 Å². The van der Waals surface area contributed by atoms with Crippen LogP contribution in [0.2, 0.25) is 0 Å². The summed E-state index contributed by atoms with van der Waals surface area (Å²) in [6.45, 7) is 0.170. The molecule has 0 heterocycles. The fraction of sp³-hybridized carbons (Fsp3) is 0.520. The van der Waals surface area contributed by atoms with Crippen molar-refractivity contribution in [2.75, 3.05) is 18.6 Å². The maximum atomic E-state index is 13.2. The molecule has 0 bridgehead atoms. The smallest absolute Gasteiger partial charge is 0.326 e. The summed E-state index contributed by atoms with van der Waals surface area (Å²) in [5, 5.41) is 26.1. The van der Waals surface area contributed by atoms with Gasteiger partial charge in [-0.25, -0.2) is 4.79 Å². The molecular weight excluding hydrogens is 542 g/mol. The Morgan fingerprint density at radius 1 is 0.875 bits per heavy atom. The molecule has 0 aliphatic heterocycles. The van der Waals surface area contributed by atoms with Gasteiger partial charge in [-0.2, -0.15) is 11.8 Å². The molecule has 1 aromatic carbocycles. The van der Waals surface area contributed by atoms with Gasteiger partial charge >= 0.3 is 11.9 Å². The summed E-state index contributed by atoms with van der Waals surface area (Å²) in [5.41, 5.74) is 17.2. The van der Waals surface area contributed by atoms with Gasteiger partial charge in [-0.15, -0.1) is 0 Å². The van der Waals surface area contributed by atoms with E-state index in [-0.39, 0.29) is 44.6 Å². The molecule has 0 saturated heterocycles. The largest absolute Gasteiger partial charge is 0.481 e. The molecule has 0 fully saturated rings. The van der Waals surface area contributed by atoms with Gasteiger partial charge in [-0.3, -0.25) is 24.2 Å². The number of carbonyl (C=O) groups is 5. The molecule has 3 amide bonds. The van der Waals surface area contributed by atoms with Gasteiger partial charge in [0.1, 0.15) is 18.1 Å². The second kappa shape index (κ2) is 18.4. The molecule has 1 rings (SSSR count). The van der Waals surface area contributed by atoms with Crippen molar-refractivity contribution in [2.24, 2.45) is 22.2 Å².